The molecular weight excluding hydrogens is 226 g/mol. The van der Waals surface area contributed by atoms with Crippen molar-refractivity contribution in [2.45, 2.75) is 38.6 Å². The zero-order valence-corrected chi connectivity index (χ0v) is 11.4. The lowest BCUT2D eigenvalue weighted by Gasteiger charge is -2.18. The van der Waals surface area contributed by atoms with E-state index in [1.165, 1.54) is 30.4 Å². The molecule has 18 heavy (non-hydrogen) atoms. The number of hydrogen-bond acceptors (Lipinski definition) is 3. The van der Waals surface area contributed by atoms with Gasteiger partial charge in [0.05, 0.1) is 13.2 Å². The van der Waals surface area contributed by atoms with Crippen LogP contribution in [0.1, 0.15) is 31.4 Å². The molecule has 0 spiro atoms. The van der Waals surface area contributed by atoms with Gasteiger partial charge in [-0.1, -0.05) is 6.07 Å². The molecule has 0 saturated carbocycles. The molecular formula is C15H23NO2. The van der Waals surface area contributed by atoms with E-state index in [1.54, 1.807) is 0 Å². The number of benzene rings is 1. The SMILES string of the molecule is CC(C)(N)COCCOc1ccc2c(c1)CCC2. The summed E-state index contributed by atoms with van der Waals surface area (Å²) >= 11 is 0. The number of nitrogens with two attached hydrogens (primary N) is 1. The molecule has 1 aliphatic rings. The molecule has 0 bridgehead atoms. The van der Waals surface area contributed by atoms with Gasteiger partial charge in [-0.25, -0.2) is 0 Å². The first-order valence-electron chi connectivity index (χ1n) is 6.66. The van der Waals surface area contributed by atoms with Crippen molar-refractivity contribution >= 4 is 0 Å². The van der Waals surface area contributed by atoms with Crippen LogP contribution in [0.4, 0.5) is 0 Å². The minimum Gasteiger partial charge on any atom is -0.491 e. The molecule has 3 nitrogen and oxygen atoms in total. The van der Waals surface area contributed by atoms with Gasteiger partial charge in [-0.2, -0.15) is 0 Å². The zero-order valence-electron chi connectivity index (χ0n) is 11.4. The fraction of sp³-hybridized carbons (Fsp3) is 0.600. The topological polar surface area (TPSA) is 44.5 Å². The van der Waals surface area contributed by atoms with E-state index >= 15 is 0 Å². The van der Waals surface area contributed by atoms with E-state index in [-0.39, 0.29) is 5.54 Å². The Hall–Kier alpha value is -1.06. The molecule has 2 rings (SSSR count). The monoisotopic (exact) mass is 249 g/mol. The Kier molecular flexibility index (Phi) is 4.25. The lowest BCUT2D eigenvalue weighted by Crippen LogP contribution is -2.37. The highest BCUT2D eigenvalue weighted by molar-refractivity contribution is 5.38. The van der Waals surface area contributed by atoms with E-state index in [9.17, 15) is 0 Å². The Labute approximate surface area is 109 Å². The van der Waals surface area contributed by atoms with Crippen LogP contribution in [0.15, 0.2) is 18.2 Å². The predicted molar refractivity (Wildman–Crippen MR) is 73.0 cm³/mol. The van der Waals surface area contributed by atoms with Crippen molar-refractivity contribution in [3.8, 4) is 5.75 Å². The first kappa shape index (κ1) is 13.4. The Morgan fingerprint density at radius 1 is 1.17 bits per heavy atom. The van der Waals surface area contributed by atoms with Gasteiger partial charge in [0.25, 0.3) is 0 Å². The highest BCUT2D eigenvalue weighted by atomic mass is 16.5. The number of fused-ring (bicyclic) bond motifs is 1. The standard InChI is InChI=1S/C15H23NO2/c1-15(2,16)11-17-8-9-18-14-7-6-12-4-3-5-13(12)10-14/h6-7,10H,3-5,8-9,11,16H2,1-2H3. The highest BCUT2D eigenvalue weighted by Crippen LogP contribution is 2.25. The second-order valence-electron chi connectivity index (χ2n) is 5.67. The fourth-order valence-electron chi connectivity index (χ4n) is 2.19. The van der Waals surface area contributed by atoms with E-state index in [0.717, 1.165) is 5.75 Å². The van der Waals surface area contributed by atoms with Gasteiger partial charge in [-0.3, -0.25) is 0 Å². The van der Waals surface area contributed by atoms with Crippen LogP contribution in [0, 0.1) is 0 Å². The normalized spacial score (nSPS) is 14.6. The molecule has 1 aromatic rings. The lowest BCUT2D eigenvalue weighted by atomic mass is 10.1. The average molecular weight is 249 g/mol. The van der Waals surface area contributed by atoms with Crippen LogP contribution >= 0.6 is 0 Å². The van der Waals surface area contributed by atoms with Crippen LogP contribution in [0.25, 0.3) is 0 Å². The summed E-state index contributed by atoms with van der Waals surface area (Å²) in [5, 5.41) is 0. The average Bonchev–Trinajstić information content (AvgIpc) is 2.74. The number of aryl methyl sites for hydroxylation is 2. The first-order chi connectivity index (χ1) is 8.54. The third kappa shape index (κ3) is 4.00. The van der Waals surface area contributed by atoms with Crippen LogP contribution < -0.4 is 10.5 Å². The fourth-order valence-corrected chi connectivity index (χ4v) is 2.19. The third-order valence-electron chi connectivity index (χ3n) is 3.04. The summed E-state index contributed by atoms with van der Waals surface area (Å²) in [5.41, 5.74) is 8.47. The van der Waals surface area contributed by atoms with Gasteiger partial charge in [-0.05, 0) is 56.4 Å². The second-order valence-corrected chi connectivity index (χ2v) is 5.67. The molecule has 0 aliphatic heterocycles. The summed E-state index contributed by atoms with van der Waals surface area (Å²) in [6, 6.07) is 6.40. The van der Waals surface area contributed by atoms with E-state index < -0.39 is 0 Å². The van der Waals surface area contributed by atoms with Crippen molar-refractivity contribution in [1.29, 1.82) is 0 Å². The molecule has 1 aromatic carbocycles. The molecule has 0 aromatic heterocycles. The van der Waals surface area contributed by atoms with Crippen molar-refractivity contribution in [3.63, 3.8) is 0 Å². The quantitative estimate of drug-likeness (QED) is 0.787. The summed E-state index contributed by atoms with van der Waals surface area (Å²) in [7, 11) is 0. The minimum atomic E-state index is -0.270. The minimum absolute atomic E-state index is 0.270. The molecule has 2 N–H and O–H groups in total. The molecule has 0 radical (unpaired) electrons. The van der Waals surface area contributed by atoms with Crippen molar-refractivity contribution < 1.29 is 9.47 Å². The van der Waals surface area contributed by atoms with E-state index in [1.807, 2.05) is 13.8 Å². The van der Waals surface area contributed by atoms with Crippen molar-refractivity contribution in [2.24, 2.45) is 5.73 Å². The van der Waals surface area contributed by atoms with Crippen molar-refractivity contribution in [1.82, 2.24) is 0 Å². The van der Waals surface area contributed by atoms with Crippen LogP contribution in [-0.4, -0.2) is 25.4 Å². The molecule has 0 fully saturated rings. The molecule has 0 amide bonds. The highest BCUT2D eigenvalue weighted by Gasteiger charge is 2.12. The predicted octanol–water partition coefficient (Wildman–Crippen LogP) is 2.31. The van der Waals surface area contributed by atoms with E-state index in [4.69, 9.17) is 15.2 Å². The maximum atomic E-state index is 5.82. The number of hydrogen-bond donors (Lipinski definition) is 1. The molecule has 0 heterocycles. The van der Waals surface area contributed by atoms with Crippen molar-refractivity contribution in [3.05, 3.63) is 29.3 Å². The van der Waals surface area contributed by atoms with Crippen LogP contribution in [0.5, 0.6) is 5.75 Å². The Bertz CT molecular complexity index is 396. The Morgan fingerprint density at radius 2 is 1.94 bits per heavy atom. The van der Waals surface area contributed by atoms with Gasteiger partial charge < -0.3 is 15.2 Å². The van der Waals surface area contributed by atoms with Crippen LogP contribution in [-0.2, 0) is 17.6 Å². The Balaban J connectivity index is 1.71. The molecule has 0 saturated heterocycles. The van der Waals surface area contributed by atoms with Gasteiger partial charge >= 0.3 is 0 Å². The maximum absolute atomic E-state index is 5.82. The van der Waals surface area contributed by atoms with Crippen LogP contribution in [0.3, 0.4) is 0 Å². The number of ether oxygens (including phenoxy) is 2. The summed E-state index contributed by atoms with van der Waals surface area (Å²) < 4.78 is 11.1. The summed E-state index contributed by atoms with van der Waals surface area (Å²) in [6.45, 7) is 5.62. The molecule has 1 aliphatic carbocycles. The summed E-state index contributed by atoms with van der Waals surface area (Å²) in [4.78, 5) is 0. The Morgan fingerprint density at radius 3 is 2.72 bits per heavy atom. The summed E-state index contributed by atoms with van der Waals surface area (Å²) in [6.07, 6.45) is 3.67. The smallest absolute Gasteiger partial charge is 0.119 e. The van der Waals surface area contributed by atoms with Gasteiger partial charge in [0, 0.05) is 5.54 Å². The maximum Gasteiger partial charge on any atom is 0.119 e. The lowest BCUT2D eigenvalue weighted by molar-refractivity contribution is 0.0724. The van der Waals surface area contributed by atoms with Crippen molar-refractivity contribution in [2.75, 3.05) is 19.8 Å². The van der Waals surface area contributed by atoms with Gasteiger partial charge in [0.15, 0.2) is 0 Å². The largest absolute Gasteiger partial charge is 0.491 e. The zero-order chi connectivity index (χ0) is 13.0. The molecule has 100 valence electrons. The third-order valence-corrected chi connectivity index (χ3v) is 3.04. The molecule has 3 heteroatoms. The van der Waals surface area contributed by atoms with Gasteiger partial charge in [-0.15, -0.1) is 0 Å². The summed E-state index contributed by atoms with van der Waals surface area (Å²) in [5.74, 6) is 0.950. The van der Waals surface area contributed by atoms with Gasteiger partial charge in [0.2, 0.25) is 0 Å². The van der Waals surface area contributed by atoms with E-state index in [2.05, 4.69) is 18.2 Å². The van der Waals surface area contributed by atoms with Gasteiger partial charge in [0.1, 0.15) is 12.4 Å². The second kappa shape index (κ2) is 5.72. The first-order valence-corrected chi connectivity index (χ1v) is 6.66. The van der Waals surface area contributed by atoms with E-state index in [0.29, 0.717) is 19.8 Å². The molecule has 0 atom stereocenters. The van der Waals surface area contributed by atoms with Crippen LogP contribution in [0.2, 0.25) is 0 Å². The number of rotatable bonds is 6. The molecule has 0 unspecified atom stereocenters.